The predicted molar refractivity (Wildman–Crippen MR) is 69.2 cm³/mol. The van der Waals surface area contributed by atoms with E-state index in [4.69, 9.17) is 4.74 Å². The van der Waals surface area contributed by atoms with Crippen molar-refractivity contribution in [3.05, 3.63) is 11.9 Å². The maximum absolute atomic E-state index is 5.74. The molecule has 0 N–H and O–H groups in total. The molecule has 0 saturated carbocycles. The second kappa shape index (κ2) is 5.93. The van der Waals surface area contributed by atoms with Crippen LogP contribution >= 0.6 is 15.9 Å². The Morgan fingerprint density at radius 1 is 1.65 bits per heavy atom. The third kappa shape index (κ3) is 3.50. The smallest absolute Gasteiger partial charge is 0.0960 e. The number of likely N-dealkylation sites (N-methyl/N-ethyl adjacent to an activating group) is 1. The molecule has 2 heterocycles. The molecule has 5 nitrogen and oxygen atoms in total. The lowest BCUT2D eigenvalue weighted by molar-refractivity contribution is -0.0360. The lowest BCUT2D eigenvalue weighted by atomic mass is 10.2. The molecule has 0 radical (unpaired) electrons. The summed E-state index contributed by atoms with van der Waals surface area (Å²) in [6, 6.07) is 0. The van der Waals surface area contributed by atoms with Gasteiger partial charge in [0.1, 0.15) is 0 Å². The van der Waals surface area contributed by atoms with Gasteiger partial charge in [-0.05, 0) is 13.5 Å². The number of morpholine rings is 1. The molecule has 2 unspecified atom stereocenters. The predicted octanol–water partition coefficient (Wildman–Crippen LogP) is 1.45. The van der Waals surface area contributed by atoms with Gasteiger partial charge in [-0.2, -0.15) is 0 Å². The summed E-state index contributed by atoms with van der Waals surface area (Å²) >= 11 is 3.49. The molecule has 1 aliphatic rings. The van der Waals surface area contributed by atoms with Gasteiger partial charge in [-0.15, -0.1) is 5.10 Å². The number of alkyl halides is 1. The highest BCUT2D eigenvalue weighted by atomic mass is 79.9. The SMILES string of the molecule is CCN1CCOC(Cn2cc(C(C)Br)nn2)C1. The van der Waals surface area contributed by atoms with E-state index in [0.717, 1.165) is 38.5 Å². The van der Waals surface area contributed by atoms with Gasteiger partial charge < -0.3 is 4.74 Å². The number of nitrogens with zero attached hydrogens (tertiary/aromatic N) is 4. The zero-order valence-electron chi connectivity index (χ0n) is 10.3. The number of halogens is 1. The maximum Gasteiger partial charge on any atom is 0.0960 e. The molecule has 17 heavy (non-hydrogen) atoms. The largest absolute Gasteiger partial charge is 0.374 e. The fraction of sp³-hybridized carbons (Fsp3) is 0.818. The molecular weight excluding hydrogens is 284 g/mol. The van der Waals surface area contributed by atoms with Crippen molar-refractivity contribution in [2.45, 2.75) is 31.3 Å². The van der Waals surface area contributed by atoms with Gasteiger partial charge in [-0.3, -0.25) is 4.90 Å². The molecule has 1 fully saturated rings. The molecule has 2 atom stereocenters. The van der Waals surface area contributed by atoms with Gasteiger partial charge in [-0.25, -0.2) is 4.68 Å². The summed E-state index contributed by atoms with van der Waals surface area (Å²) in [4.78, 5) is 2.65. The van der Waals surface area contributed by atoms with Gasteiger partial charge in [0.05, 0.1) is 29.8 Å². The highest BCUT2D eigenvalue weighted by molar-refractivity contribution is 9.09. The van der Waals surface area contributed by atoms with Crippen LogP contribution in [0, 0.1) is 0 Å². The van der Waals surface area contributed by atoms with Crippen LogP contribution in [0.2, 0.25) is 0 Å². The number of rotatable bonds is 4. The van der Waals surface area contributed by atoms with Crippen LogP contribution in [0.4, 0.5) is 0 Å². The zero-order valence-corrected chi connectivity index (χ0v) is 11.9. The first kappa shape index (κ1) is 13.0. The molecule has 0 aromatic carbocycles. The van der Waals surface area contributed by atoms with E-state index in [1.807, 2.05) is 17.8 Å². The average Bonchev–Trinajstić information content (AvgIpc) is 2.78. The van der Waals surface area contributed by atoms with Crippen molar-refractivity contribution in [2.24, 2.45) is 0 Å². The molecule has 1 aliphatic heterocycles. The van der Waals surface area contributed by atoms with Crippen molar-refractivity contribution in [3.8, 4) is 0 Å². The molecule has 0 spiro atoms. The van der Waals surface area contributed by atoms with E-state index < -0.39 is 0 Å². The molecule has 6 heteroatoms. The van der Waals surface area contributed by atoms with E-state index in [9.17, 15) is 0 Å². The van der Waals surface area contributed by atoms with Crippen molar-refractivity contribution in [1.82, 2.24) is 19.9 Å². The Kier molecular flexibility index (Phi) is 4.53. The van der Waals surface area contributed by atoms with Gasteiger partial charge in [0.25, 0.3) is 0 Å². The van der Waals surface area contributed by atoms with E-state index >= 15 is 0 Å². The summed E-state index contributed by atoms with van der Waals surface area (Å²) in [7, 11) is 0. The Labute approximate surface area is 110 Å². The van der Waals surface area contributed by atoms with Gasteiger partial charge in [-0.1, -0.05) is 28.1 Å². The standard InChI is InChI=1S/C11H19BrN4O/c1-3-15-4-5-17-10(6-15)7-16-8-11(9(2)12)13-14-16/h8-10H,3-7H2,1-2H3. The minimum Gasteiger partial charge on any atom is -0.374 e. The first-order chi connectivity index (χ1) is 8.19. The molecule has 1 aromatic heterocycles. The van der Waals surface area contributed by atoms with Crippen LogP contribution in [0.3, 0.4) is 0 Å². The monoisotopic (exact) mass is 302 g/mol. The molecule has 0 aliphatic carbocycles. The Morgan fingerprint density at radius 2 is 2.47 bits per heavy atom. The van der Waals surface area contributed by atoms with Crippen LogP contribution in [0.25, 0.3) is 0 Å². The van der Waals surface area contributed by atoms with Crippen LogP contribution in [0.15, 0.2) is 6.20 Å². The van der Waals surface area contributed by atoms with E-state index in [0.29, 0.717) is 0 Å². The first-order valence-corrected chi connectivity index (χ1v) is 6.98. The minimum absolute atomic E-state index is 0.226. The molecule has 2 rings (SSSR count). The summed E-state index contributed by atoms with van der Waals surface area (Å²) < 4.78 is 7.61. The van der Waals surface area contributed by atoms with Crippen molar-refractivity contribution in [3.63, 3.8) is 0 Å². The second-order valence-electron chi connectivity index (χ2n) is 4.37. The number of hydrogen-bond donors (Lipinski definition) is 0. The fourth-order valence-electron chi connectivity index (χ4n) is 1.97. The Hall–Kier alpha value is -0.460. The van der Waals surface area contributed by atoms with Crippen LogP contribution in [-0.4, -0.2) is 52.2 Å². The summed E-state index contributed by atoms with van der Waals surface area (Å²) in [6.45, 7) is 8.93. The summed E-state index contributed by atoms with van der Waals surface area (Å²) in [5, 5.41) is 8.24. The second-order valence-corrected chi connectivity index (χ2v) is 5.74. The summed E-state index contributed by atoms with van der Waals surface area (Å²) in [5.41, 5.74) is 0.966. The lowest BCUT2D eigenvalue weighted by Gasteiger charge is -2.31. The van der Waals surface area contributed by atoms with E-state index in [1.54, 1.807) is 0 Å². The number of ether oxygens (including phenoxy) is 1. The molecule has 0 bridgehead atoms. The molecule has 0 amide bonds. The average molecular weight is 303 g/mol. The molecular formula is C11H19BrN4O. The highest BCUT2D eigenvalue weighted by Crippen LogP contribution is 2.18. The van der Waals surface area contributed by atoms with Crippen molar-refractivity contribution in [1.29, 1.82) is 0 Å². The molecule has 1 aromatic rings. The minimum atomic E-state index is 0.226. The van der Waals surface area contributed by atoms with Gasteiger partial charge in [0.15, 0.2) is 0 Å². The van der Waals surface area contributed by atoms with Crippen LogP contribution < -0.4 is 0 Å². The van der Waals surface area contributed by atoms with Gasteiger partial charge in [0, 0.05) is 19.3 Å². The summed E-state index contributed by atoms with van der Waals surface area (Å²) in [6.07, 6.45) is 2.21. The normalized spacial score (nSPS) is 23.8. The Bertz CT molecular complexity index is 355. The van der Waals surface area contributed by atoms with Gasteiger partial charge >= 0.3 is 0 Å². The number of hydrogen-bond acceptors (Lipinski definition) is 4. The highest BCUT2D eigenvalue weighted by Gasteiger charge is 2.20. The van der Waals surface area contributed by atoms with E-state index in [2.05, 4.69) is 38.1 Å². The van der Waals surface area contributed by atoms with Crippen LogP contribution in [0.5, 0.6) is 0 Å². The lowest BCUT2D eigenvalue weighted by Crippen LogP contribution is -2.44. The quantitative estimate of drug-likeness (QED) is 0.790. The maximum atomic E-state index is 5.74. The zero-order chi connectivity index (χ0) is 12.3. The van der Waals surface area contributed by atoms with E-state index in [-0.39, 0.29) is 10.9 Å². The summed E-state index contributed by atoms with van der Waals surface area (Å²) in [5.74, 6) is 0. The Balaban J connectivity index is 1.91. The van der Waals surface area contributed by atoms with E-state index in [1.165, 1.54) is 0 Å². The van der Waals surface area contributed by atoms with Crippen LogP contribution in [0.1, 0.15) is 24.4 Å². The molecule has 96 valence electrons. The van der Waals surface area contributed by atoms with Crippen molar-refractivity contribution >= 4 is 15.9 Å². The topological polar surface area (TPSA) is 43.2 Å². The third-order valence-electron chi connectivity index (χ3n) is 3.02. The first-order valence-electron chi connectivity index (χ1n) is 6.07. The Morgan fingerprint density at radius 3 is 3.12 bits per heavy atom. The van der Waals surface area contributed by atoms with Gasteiger partial charge in [0.2, 0.25) is 0 Å². The van der Waals surface area contributed by atoms with Crippen LogP contribution in [-0.2, 0) is 11.3 Å². The molecule has 1 saturated heterocycles. The third-order valence-corrected chi connectivity index (χ3v) is 3.49. The fourth-order valence-corrected chi connectivity index (χ4v) is 2.18. The van der Waals surface area contributed by atoms with Crippen molar-refractivity contribution < 1.29 is 4.74 Å². The van der Waals surface area contributed by atoms with Crippen molar-refractivity contribution in [2.75, 3.05) is 26.2 Å². The number of aromatic nitrogens is 3.